The second kappa shape index (κ2) is 7.28. The first-order valence-electron chi connectivity index (χ1n) is 7.21. The smallest absolute Gasteiger partial charge is 0.336 e. The minimum absolute atomic E-state index is 0.0643. The van der Waals surface area contributed by atoms with Crippen LogP contribution in [0.4, 0.5) is 18.0 Å². The summed E-state index contributed by atoms with van der Waals surface area (Å²) in [5.74, 6) is -0.753. The number of halogens is 3. The van der Waals surface area contributed by atoms with Crippen molar-refractivity contribution in [1.82, 2.24) is 30.8 Å². The van der Waals surface area contributed by atoms with Gasteiger partial charge in [-0.15, -0.1) is 10.2 Å². The number of amides is 3. The van der Waals surface area contributed by atoms with Gasteiger partial charge in [0.15, 0.2) is 0 Å². The van der Waals surface area contributed by atoms with Crippen molar-refractivity contribution < 1.29 is 22.8 Å². The first-order chi connectivity index (χ1) is 11.6. The summed E-state index contributed by atoms with van der Waals surface area (Å²) in [5.41, 5.74) is -0.733. The van der Waals surface area contributed by atoms with Gasteiger partial charge in [0, 0.05) is 11.6 Å². The van der Waals surface area contributed by atoms with Gasteiger partial charge in [-0.2, -0.15) is 18.0 Å². The summed E-state index contributed by atoms with van der Waals surface area (Å²) in [6, 6.07) is 3.61. The van der Waals surface area contributed by atoms with E-state index in [9.17, 15) is 22.8 Å². The molecule has 25 heavy (non-hydrogen) atoms. The zero-order valence-corrected chi connectivity index (χ0v) is 13.3. The van der Waals surface area contributed by atoms with Gasteiger partial charge in [-0.3, -0.25) is 10.1 Å². The molecule has 0 fully saturated rings. The van der Waals surface area contributed by atoms with Crippen molar-refractivity contribution in [2.45, 2.75) is 32.6 Å². The van der Waals surface area contributed by atoms with E-state index in [0.717, 1.165) is 16.9 Å². The zero-order chi connectivity index (χ0) is 18.6. The van der Waals surface area contributed by atoms with Crippen LogP contribution in [0.1, 0.15) is 19.4 Å². The van der Waals surface area contributed by atoms with E-state index in [1.807, 2.05) is 0 Å². The first kappa shape index (κ1) is 18.4. The van der Waals surface area contributed by atoms with Crippen LogP contribution in [0.5, 0.6) is 0 Å². The number of benzene rings is 1. The van der Waals surface area contributed by atoms with Crippen molar-refractivity contribution in [2.24, 2.45) is 0 Å². The molecule has 2 aromatic rings. The number of hydrogen-bond acceptors (Lipinski definition) is 5. The fraction of sp³-hybridized carbons (Fsp3) is 0.357. The summed E-state index contributed by atoms with van der Waals surface area (Å²) in [5, 5.41) is 15.6. The molecule has 134 valence electrons. The van der Waals surface area contributed by atoms with Crippen LogP contribution >= 0.6 is 0 Å². The van der Waals surface area contributed by atoms with Gasteiger partial charge in [0.1, 0.15) is 6.54 Å². The first-order valence-corrected chi connectivity index (χ1v) is 7.21. The third kappa shape index (κ3) is 5.26. The van der Waals surface area contributed by atoms with E-state index in [-0.39, 0.29) is 17.4 Å². The lowest BCUT2D eigenvalue weighted by atomic mass is 10.1. The molecule has 0 radical (unpaired) electrons. The Morgan fingerprint density at radius 2 is 2.00 bits per heavy atom. The van der Waals surface area contributed by atoms with Crippen molar-refractivity contribution in [2.75, 3.05) is 0 Å². The molecular weight excluding hydrogens is 341 g/mol. The number of imide groups is 1. The SMILES string of the molecule is CC(C)NC(=O)NC(=O)Cn1nnc(-c2cccc(C(F)(F)F)c2)n1. The summed E-state index contributed by atoms with van der Waals surface area (Å²) >= 11 is 0. The minimum Gasteiger partial charge on any atom is -0.336 e. The van der Waals surface area contributed by atoms with Crippen molar-refractivity contribution >= 4 is 11.9 Å². The molecule has 0 saturated heterocycles. The fourth-order valence-electron chi connectivity index (χ4n) is 1.85. The fourth-order valence-corrected chi connectivity index (χ4v) is 1.85. The van der Waals surface area contributed by atoms with Crippen molar-refractivity contribution in [1.29, 1.82) is 0 Å². The van der Waals surface area contributed by atoms with E-state index >= 15 is 0 Å². The van der Waals surface area contributed by atoms with Gasteiger partial charge in [0.25, 0.3) is 5.91 Å². The predicted molar refractivity (Wildman–Crippen MR) is 80.1 cm³/mol. The molecular formula is C14H15F3N6O2. The number of nitrogens with one attached hydrogen (secondary N) is 2. The average Bonchev–Trinajstić information content (AvgIpc) is 2.93. The van der Waals surface area contributed by atoms with E-state index in [2.05, 4.69) is 26.0 Å². The van der Waals surface area contributed by atoms with E-state index < -0.39 is 30.2 Å². The van der Waals surface area contributed by atoms with Crippen LogP contribution in [0, 0.1) is 0 Å². The molecule has 2 rings (SSSR count). The molecule has 2 N–H and O–H groups in total. The van der Waals surface area contributed by atoms with E-state index in [0.29, 0.717) is 0 Å². The zero-order valence-electron chi connectivity index (χ0n) is 13.3. The van der Waals surface area contributed by atoms with Crippen molar-refractivity contribution in [3.63, 3.8) is 0 Å². The molecule has 0 unspecified atom stereocenters. The third-order valence-electron chi connectivity index (χ3n) is 2.86. The maximum atomic E-state index is 12.7. The third-order valence-corrected chi connectivity index (χ3v) is 2.86. The molecule has 0 aliphatic carbocycles. The van der Waals surface area contributed by atoms with Gasteiger partial charge < -0.3 is 5.32 Å². The summed E-state index contributed by atoms with van der Waals surface area (Å²) in [7, 11) is 0. The largest absolute Gasteiger partial charge is 0.416 e. The monoisotopic (exact) mass is 356 g/mol. The molecule has 1 aromatic heterocycles. The van der Waals surface area contributed by atoms with Gasteiger partial charge in [0.2, 0.25) is 5.82 Å². The van der Waals surface area contributed by atoms with Gasteiger partial charge in [0.05, 0.1) is 5.56 Å². The molecule has 3 amide bonds. The van der Waals surface area contributed by atoms with Crippen LogP contribution in [-0.2, 0) is 17.5 Å². The van der Waals surface area contributed by atoms with Crippen molar-refractivity contribution in [3.8, 4) is 11.4 Å². The normalized spacial score (nSPS) is 11.4. The Morgan fingerprint density at radius 1 is 1.28 bits per heavy atom. The molecule has 0 spiro atoms. The van der Waals surface area contributed by atoms with Gasteiger partial charge in [-0.05, 0) is 31.2 Å². The van der Waals surface area contributed by atoms with Crippen molar-refractivity contribution in [3.05, 3.63) is 29.8 Å². The minimum atomic E-state index is -4.49. The van der Waals surface area contributed by atoms with Gasteiger partial charge >= 0.3 is 12.2 Å². The topological polar surface area (TPSA) is 102 Å². The van der Waals surface area contributed by atoms with Crippen LogP contribution in [0.15, 0.2) is 24.3 Å². The molecule has 0 saturated carbocycles. The number of tetrazole rings is 1. The predicted octanol–water partition coefficient (Wildman–Crippen LogP) is 1.59. The van der Waals surface area contributed by atoms with Gasteiger partial charge in [-0.1, -0.05) is 12.1 Å². The highest BCUT2D eigenvalue weighted by Gasteiger charge is 2.30. The Balaban J connectivity index is 2.05. The quantitative estimate of drug-likeness (QED) is 0.866. The van der Waals surface area contributed by atoms with E-state index in [1.165, 1.54) is 12.1 Å². The summed E-state index contributed by atoms with van der Waals surface area (Å²) in [4.78, 5) is 24.0. The number of alkyl halides is 3. The summed E-state index contributed by atoms with van der Waals surface area (Å²) < 4.78 is 38.2. The molecule has 11 heteroatoms. The molecule has 0 aliphatic heterocycles. The Labute approximate surface area is 140 Å². The summed E-state index contributed by atoms with van der Waals surface area (Å²) in [6.45, 7) is 3.05. The molecule has 0 aliphatic rings. The lowest BCUT2D eigenvalue weighted by Crippen LogP contribution is -2.43. The average molecular weight is 356 g/mol. The number of carbonyl (C=O) groups excluding carboxylic acids is 2. The number of rotatable bonds is 4. The number of carbonyl (C=O) groups is 2. The van der Waals surface area contributed by atoms with Gasteiger partial charge in [-0.25, -0.2) is 4.79 Å². The standard InChI is InChI=1S/C14H15F3N6O2/c1-8(2)18-13(25)19-11(24)7-23-21-12(20-22-23)9-4-3-5-10(6-9)14(15,16)17/h3-6,8H,7H2,1-2H3,(H2,18,19,24,25). The van der Waals surface area contributed by atoms with E-state index in [1.54, 1.807) is 13.8 Å². The second-order valence-electron chi connectivity index (χ2n) is 5.40. The summed E-state index contributed by atoms with van der Waals surface area (Å²) in [6.07, 6.45) is -4.49. The highest BCUT2D eigenvalue weighted by Crippen LogP contribution is 2.31. The molecule has 1 aromatic carbocycles. The number of urea groups is 1. The molecule has 0 bridgehead atoms. The maximum Gasteiger partial charge on any atom is 0.416 e. The number of nitrogens with zero attached hydrogens (tertiary/aromatic N) is 4. The Hall–Kier alpha value is -2.98. The number of aromatic nitrogens is 4. The number of hydrogen-bond donors (Lipinski definition) is 2. The lowest BCUT2D eigenvalue weighted by molar-refractivity contribution is -0.137. The van der Waals surface area contributed by atoms with Crippen LogP contribution in [0.25, 0.3) is 11.4 Å². The Morgan fingerprint density at radius 3 is 2.64 bits per heavy atom. The highest BCUT2D eigenvalue weighted by molar-refractivity contribution is 5.94. The highest BCUT2D eigenvalue weighted by atomic mass is 19.4. The van der Waals surface area contributed by atoms with Crippen LogP contribution in [-0.4, -0.2) is 38.2 Å². The maximum absolute atomic E-state index is 12.7. The lowest BCUT2D eigenvalue weighted by Gasteiger charge is -2.08. The Bertz CT molecular complexity index is 772. The molecule has 1 heterocycles. The second-order valence-corrected chi connectivity index (χ2v) is 5.40. The Kier molecular flexibility index (Phi) is 5.35. The van der Waals surface area contributed by atoms with Crippen LogP contribution in [0.3, 0.4) is 0 Å². The van der Waals surface area contributed by atoms with E-state index in [4.69, 9.17) is 0 Å². The molecule has 0 atom stereocenters. The van der Waals surface area contributed by atoms with Crippen LogP contribution < -0.4 is 10.6 Å². The van der Waals surface area contributed by atoms with Crippen LogP contribution in [0.2, 0.25) is 0 Å². The molecule has 8 nitrogen and oxygen atoms in total.